The third-order valence-corrected chi connectivity index (χ3v) is 5.03. The Balaban J connectivity index is 1.74. The normalized spacial score (nSPS) is 21.1. The van der Waals surface area contributed by atoms with E-state index >= 15 is 0 Å². The summed E-state index contributed by atoms with van der Waals surface area (Å²) < 4.78 is 0. The molecule has 0 N–H and O–H groups in total. The van der Waals surface area contributed by atoms with Crippen LogP contribution in [0.2, 0.25) is 0 Å². The molecular weight excluding hydrogens is 368 g/mol. The number of piperazine rings is 1. The maximum absolute atomic E-state index is 12.6. The monoisotopic (exact) mass is 396 g/mol. The van der Waals surface area contributed by atoms with Gasteiger partial charge in [0.25, 0.3) is 5.91 Å². The maximum Gasteiger partial charge on any atom is 0.332 e. The predicted octanol–water partition coefficient (Wildman–Crippen LogP) is -0.963. The van der Waals surface area contributed by atoms with Gasteiger partial charge in [-0.3, -0.25) is 24.2 Å². The van der Waals surface area contributed by atoms with Crippen LogP contribution in [-0.2, 0) is 28.8 Å². The second-order valence-electron chi connectivity index (χ2n) is 7.11. The molecule has 1 unspecified atom stereocenters. The smallest absolute Gasteiger partial charge is 0.332 e. The first-order valence-electron chi connectivity index (χ1n) is 9.51. The third-order valence-electron chi connectivity index (χ3n) is 5.03. The van der Waals surface area contributed by atoms with E-state index in [1.807, 2.05) is 11.9 Å². The topological polar surface area (TPSA) is 108 Å². The highest BCUT2D eigenvalue weighted by Crippen LogP contribution is 2.20. The van der Waals surface area contributed by atoms with Gasteiger partial charge in [0, 0.05) is 59.0 Å². The van der Waals surface area contributed by atoms with Crippen LogP contribution in [0.4, 0.5) is 0 Å². The van der Waals surface area contributed by atoms with Crippen LogP contribution in [0, 0.1) is 0 Å². The average molecular weight is 396 g/mol. The number of aldehydes is 1. The molecule has 0 saturated carbocycles. The van der Waals surface area contributed by atoms with Crippen LogP contribution in [0.15, 0.2) is 0 Å². The molecule has 0 aromatic heterocycles. The van der Waals surface area contributed by atoms with E-state index in [1.165, 1.54) is 11.9 Å². The van der Waals surface area contributed by atoms with Crippen molar-refractivity contribution in [1.29, 1.82) is 0 Å². The fourth-order valence-corrected chi connectivity index (χ4v) is 3.29. The molecule has 0 aromatic rings. The molecule has 10 nitrogen and oxygen atoms in total. The van der Waals surface area contributed by atoms with Crippen molar-refractivity contribution in [1.82, 2.24) is 19.8 Å². The summed E-state index contributed by atoms with van der Waals surface area (Å²) in [5.41, 5.74) is 0. The van der Waals surface area contributed by atoms with Crippen LogP contribution in [0.25, 0.3) is 0 Å². The number of likely N-dealkylation sites (N-methyl/N-ethyl adjacent to an activating group) is 1. The first-order valence-corrected chi connectivity index (χ1v) is 9.51. The molecule has 0 bridgehead atoms. The molecule has 2 aliphatic heterocycles. The number of nitrogens with zero attached hydrogens (tertiary/aromatic N) is 4. The lowest BCUT2D eigenvalue weighted by Crippen LogP contribution is -2.51. The van der Waals surface area contributed by atoms with Crippen LogP contribution in [0.1, 0.15) is 32.1 Å². The summed E-state index contributed by atoms with van der Waals surface area (Å²) in [6, 6.07) is -0.408. The number of hydrogen-bond acceptors (Lipinski definition) is 8. The molecule has 2 aliphatic rings. The molecule has 2 saturated heterocycles. The second-order valence-corrected chi connectivity index (χ2v) is 7.11. The van der Waals surface area contributed by atoms with Gasteiger partial charge in [-0.05, 0) is 13.5 Å². The van der Waals surface area contributed by atoms with E-state index in [2.05, 4.69) is 4.90 Å². The molecule has 3 amide bonds. The molecule has 0 spiro atoms. The molecule has 2 heterocycles. The highest BCUT2D eigenvalue weighted by atomic mass is 16.7. The minimum atomic E-state index is -0.628. The summed E-state index contributed by atoms with van der Waals surface area (Å²) in [5.74, 6) is -1.52. The summed E-state index contributed by atoms with van der Waals surface area (Å²) in [5, 5.41) is 0.807. The quantitative estimate of drug-likeness (QED) is 0.293. The zero-order valence-electron chi connectivity index (χ0n) is 16.5. The highest BCUT2D eigenvalue weighted by molar-refractivity contribution is 6.05. The van der Waals surface area contributed by atoms with Crippen LogP contribution in [0.3, 0.4) is 0 Å². The zero-order chi connectivity index (χ0) is 20.7. The molecule has 28 heavy (non-hydrogen) atoms. The Morgan fingerprint density at radius 2 is 1.86 bits per heavy atom. The van der Waals surface area contributed by atoms with E-state index in [4.69, 9.17) is 4.84 Å². The summed E-state index contributed by atoms with van der Waals surface area (Å²) in [7, 11) is 3.33. The van der Waals surface area contributed by atoms with Crippen molar-refractivity contribution in [3.05, 3.63) is 0 Å². The van der Waals surface area contributed by atoms with Crippen molar-refractivity contribution < 1.29 is 28.8 Å². The first kappa shape index (κ1) is 22.0. The van der Waals surface area contributed by atoms with Crippen molar-refractivity contribution in [3.63, 3.8) is 0 Å². The molecule has 10 heteroatoms. The molecule has 156 valence electrons. The number of amides is 3. The van der Waals surface area contributed by atoms with E-state index in [0.29, 0.717) is 6.29 Å². The van der Waals surface area contributed by atoms with E-state index in [0.717, 1.165) is 31.2 Å². The van der Waals surface area contributed by atoms with Crippen LogP contribution < -0.4 is 0 Å². The number of rotatable bonds is 8. The lowest BCUT2D eigenvalue weighted by Gasteiger charge is -2.35. The van der Waals surface area contributed by atoms with Crippen molar-refractivity contribution in [2.75, 3.05) is 46.8 Å². The number of carbonyl (C=O) groups is 5. The number of hydrogen-bond donors (Lipinski definition) is 0. The molecular formula is C18H28N4O6. The largest absolute Gasteiger partial charge is 0.338 e. The minimum absolute atomic E-state index is 0.0263. The fourth-order valence-electron chi connectivity index (χ4n) is 3.29. The van der Waals surface area contributed by atoms with Crippen LogP contribution in [0.5, 0.6) is 0 Å². The van der Waals surface area contributed by atoms with E-state index < -0.39 is 17.9 Å². The van der Waals surface area contributed by atoms with Crippen LogP contribution in [-0.4, -0.2) is 103 Å². The van der Waals surface area contributed by atoms with Gasteiger partial charge in [0.1, 0.15) is 6.29 Å². The van der Waals surface area contributed by atoms with Gasteiger partial charge >= 0.3 is 5.97 Å². The molecule has 0 aromatic carbocycles. The maximum atomic E-state index is 12.6. The van der Waals surface area contributed by atoms with Crippen molar-refractivity contribution in [2.24, 2.45) is 0 Å². The van der Waals surface area contributed by atoms with Gasteiger partial charge in [0.05, 0.1) is 12.5 Å². The SMILES string of the molecule is CN1CCN(C2CC(=O)N(CCCC(=O)ON(C)C(=O)CCC=O)C2=O)CC1. The summed E-state index contributed by atoms with van der Waals surface area (Å²) in [6.45, 7) is 3.39. The van der Waals surface area contributed by atoms with Gasteiger partial charge in [-0.25, -0.2) is 4.79 Å². The first-order chi connectivity index (χ1) is 13.3. The number of imide groups is 1. The van der Waals surface area contributed by atoms with Gasteiger partial charge in [0.15, 0.2) is 0 Å². The molecule has 2 fully saturated rings. The van der Waals surface area contributed by atoms with Crippen molar-refractivity contribution >= 4 is 30.0 Å². The Kier molecular flexibility index (Phi) is 8.06. The van der Waals surface area contributed by atoms with E-state index in [1.54, 1.807) is 0 Å². The lowest BCUT2D eigenvalue weighted by molar-refractivity contribution is -0.192. The predicted molar refractivity (Wildman–Crippen MR) is 97.6 cm³/mol. The van der Waals surface area contributed by atoms with E-state index in [9.17, 15) is 24.0 Å². The Hall–Kier alpha value is -2.33. The summed E-state index contributed by atoms with van der Waals surface area (Å²) >= 11 is 0. The second kappa shape index (κ2) is 10.3. The van der Waals surface area contributed by atoms with Gasteiger partial charge in [0.2, 0.25) is 11.8 Å². The summed E-state index contributed by atoms with van der Waals surface area (Å²) in [4.78, 5) is 68.8. The fraction of sp³-hybridized carbons (Fsp3) is 0.722. The van der Waals surface area contributed by atoms with Gasteiger partial charge in [-0.15, -0.1) is 0 Å². The summed E-state index contributed by atoms with van der Waals surface area (Å²) in [6.07, 6.45) is 1.07. The van der Waals surface area contributed by atoms with Crippen molar-refractivity contribution in [2.45, 2.75) is 38.1 Å². The average Bonchev–Trinajstić information content (AvgIpc) is 2.94. The van der Waals surface area contributed by atoms with Gasteiger partial charge < -0.3 is 14.5 Å². The molecule has 0 aliphatic carbocycles. The molecule has 2 rings (SSSR count). The Labute approximate surface area is 164 Å². The van der Waals surface area contributed by atoms with Gasteiger partial charge in [-0.1, -0.05) is 0 Å². The Morgan fingerprint density at radius 3 is 2.50 bits per heavy atom. The number of likely N-dealkylation sites (tertiary alicyclic amines) is 1. The molecule has 1 atom stereocenters. The third kappa shape index (κ3) is 5.83. The standard InChI is InChI=1S/C18H28N4O6/c1-19-8-10-21(11-9-19)14-13-16(25)22(18(14)27)7-3-6-17(26)28-20(2)15(24)5-4-12-23/h12,14H,3-11,13H2,1-2H3. The minimum Gasteiger partial charge on any atom is -0.338 e. The molecule has 0 radical (unpaired) electrons. The van der Waals surface area contributed by atoms with E-state index in [-0.39, 0.29) is 50.5 Å². The van der Waals surface area contributed by atoms with Crippen molar-refractivity contribution in [3.8, 4) is 0 Å². The Bertz CT molecular complexity index is 617. The highest BCUT2D eigenvalue weighted by Gasteiger charge is 2.42. The van der Waals surface area contributed by atoms with Crippen LogP contribution >= 0.6 is 0 Å². The lowest BCUT2D eigenvalue weighted by atomic mass is 10.2. The Morgan fingerprint density at radius 1 is 1.18 bits per heavy atom. The zero-order valence-corrected chi connectivity index (χ0v) is 16.5. The number of hydroxylamine groups is 2. The number of carbonyl (C=O) groups excluding carboxylic acids is 5. The van der Waals surface area contributed by atoms with Gasteiger partial charge in [-0.2, -0.15) is 5.06 Å².